The zero-order valence-corrected chi connectivity index (χ0v) is 7.98. The molecule has 0 saturated carbocycles. The Balaban J connectivity index is 2.19. The molecule has 1 saturated heterocycles. The normalized spacial score (nSPS) is 49.6. The lowest BCUT2D eigenvalue weighted by Gasteiger charge is -2.45. The zero-order valence-electron chi connectivity index (χ0n) is 7.98. The van der Waals surface area contributed by atoms with Crippen molar-refractivity contribution in [2.45, 2.75) is 36.6 Å². The third kappa shape index (κ3) is 1.54. The Hall–Kier alpha value is -0.660. The Morgan fingerprint density at radius 2 is 2.00 bits per heavy atom. The standard InChI is InChI=1S/C9H14O6/c10-4-5-6(11)7(12)8(13)9(15-5)2-1-3-14-9/h1,3,5-8,10-13H,2,4H2/t5-,6+,7+,8-,9+/m1/s1. The monoisotopic (exact) mass is 218 g/mol. The van der Waals surface area contributed by atoms with Crippen LogP contribution in [0.4, 0.5) is 0 Å². The highest BCUT2D eigenvalue weighted by molar-refractivity contribution is 5.04. The van der Waals surface area contributed by atoms with Gasteiger partial charge in [-0.1, -0.05) is 0 Å². The molecular weight excluding hydrogens is 204 g/mol. The second kappa shape index (κ2) is 3.73. The van der Waals surface area contributed by atoms with Crippen molar-refractivity contribution in [1.82, 2.24) is 0 Å². The van der Waals surface area contributed by atoms with Gasteiger partial charge in [-0.25, -0.2) is 0 Å². The maximum Gasteiger partial charge on any atom is 0.242 e. The van der Waals surface area contributed by atoms with Crippen molar-refractivity contribution in [1.29, 1.82) is 0 Å². The number of hydrogen-bond acceptors (Lipinski definition) is 6. The smallest absolute Gasteiger partial charge is 0.242 e. The molecule has 1 spiro atoms. The molecule has 0 radical (unpaired) electrons. The first kappa shape index (κ1) is 10.8. The summed E-state index contributed by atoms with van der Waals surface area (Å²) >= 11 is 0. The van der Waals surface area contributed by atoms with Crippen LogP contribution in [-0.2, 0) is 9.47 Å². The maximum absolute atomic E-state index is 9.73. The van der Waals surface area contributed by atoms with Crippen molar-refractivity contribution in [2.75, 3.05) is 6.61 Å². The summed E-state index contributed by atoms with van der Waals surface area (Å²) in [5.74, 6) is -1.37. The molecule has 4 N–H and O–H groups in total. The van der Waals surface area contributed by atoms with E-state index < -0.39 is 36.8 Å². The van der Waals surface area contributed by atoms with Crippen LogP contribution >= 0.6 is 0 Å². The topological polar surface area (TPSA) is 99.4 Å². The Bertz CT molecular complexity index is 255. The van der Waals surface area contributed by atoms with Gasteiger partial charge in [0.2, 0.25) is 5.79 Å². The van der Waals surface area contributed by atoms with Crippen LogP contribution in [0.15, 0.2) is 12.3 Å². The Morgan fingerprint density at radius 3 is 2.53 bits per heavy atom. The van der Waals surface area contributed by atoms with E-state index >= 15 is 0 Å². The molecule has 2 aliphatic heterocycles. The van der Waals surface area contributed by atoms with Gasteiger partial charge in [-0.2, -0.15) is 0 Å². The van der Waals surface area contributed by atoms with Crippen molar-refractivity contribution >= 4 is 0 Å². The lowest BCUT2D eigenvalue weighted by atomic mass is 9.91. The summed E-state index contributed by atoms with van der Waals surface area (Å²) in [5, 5.41) is 37.7. The number of aliphatic hydroxyl groups excluding tert-OH is 4. The minimum atomic E-state index is -1.39. The molecule has 1 fully saturated rings. The highest BCUT2D eigenvalue weighted by atomic mass is 16.7. The molecule has 5 atom stereocenters. The van der Waals surface area contributed by atoms with Crippen molar-refractivity contribution in [3.05, 3.63) is 12.3 Å². The predicted octanol–water partition coefficient (Wildman–Crippen LogP) is -1.91. The quantitative estimate of drug-likeness (QED) is 0.410. The summed E-state index contributed by atoms with van der Waals surface area (Å²) in [4.78, 5) is 0. The van der Waals surface area contributed by atoms with E-state index in [1.54, 1.807) is 6.08 Å². The molecule has 6 nitrogen and oxygen atoms in total. The largest absolute Gasteiger partial charge is 0.467 e. The first-order valence-corrected chi connectivity index (χ1v) is 4.76. The van der Waals surface area contributed by atoms with Crippen molar-refractivity contribution in [3.63, 3.8) is 0 Å². The number of ether oxygens (including phenoxy) is 2. The van der Waals surface area contributed by atoms with Gasteiger partial charge in [-0.05, 0) is 6.08 Å². The molecule has 2 heterocycles. The molecule has 0 unspecified atom stereocenters. The molecule has 2 rings (SSSR count). The van der Waals surface area contributed by atoms with Gasteiger partial charge in [-0.3, -0.25) is 0 Å². The molecule has 86 valence electrons. The maximum atomic E-state index is 9.73. The summed E-state index contributed by atoms with van der Waals surface area (Å²) < 4.78 is 10.4. The third-order valence-corrected chi connectivity index (χ3v) is 2.80. The fraction of sp³-hybridized carbons (Fsp3) is 0.778. The lowest BCUT2D eigenvalue weighted by molar-refractivity contribution is -0.342. The van der Waals surface area contributed by atoms with Crippen molar-refractivity contribution < 1.29 is 29.9 Å². The fourth-order valence-corrected chi connectivity index (χ4v) is 1.90. The average molecular weight is 218 g/mol. The predicted molar refractivity (Wildman–Crippen MR) is 47.6 cm³/mol. The van der Waals surface area contributed by atoms with Gasteiger partial charge in [0.05, 0.1) is 12.9 Å². The summed E-state index contributed by atoms with van der Waals surface area (Å²) in [5.41, 5.74) is 0. The van der Waals surface area contributed by atoms with E-state index in [-0.39, 0.29) is 6.42 Å². The summed E-state index contributed by atoms with van der Waals surface area (Å²) in [7, 11) is 0. The van der Waals surface area contributed by atoms with Crippen LogP contribution in [0.3, 0.4) is 0 Å². The van der Waals surface area contributed by atoms with Crippen LogP contribution in [0.2, 0.25) is 0 Å². The van der Waals surface area contributed by atoms with Gasteiger partial charge in [0.25, 0.3) is 0 Å². The van der Waals surface area contributed by atoms with E-state index in [2.05, 4.69) is 0 Å². The van der Waals surface area contributed by atoms with Gasteiger partial charge in [0.15, 0.2) is 0 Å². The van der Waals surface area contributed by atoms with E-state index in [1.165, 1.54) is 6.26 Å². The van der Waals surface area contributed by atoms with Crippen molar-refractivity contribution in [2.24, 2.45) is 0 Å². The van der Waals surface area contributed by atoms with Gasteiger partial charge >= 0.3 is 0 Å². The van der Waals surface area contributed by atoms with Crippen LogP contribution in [-0.4, -0.2) is 57.2 Å². The second-order valence-electron chi connectivity index (χ2n) is 3.77. The number of aliphatic hydroxyl groups is 4. The molecule has 0 bridgehead atoms. The summed E-state index contributed by atoms with van der Waals surface area (Å²) in [6.07, 6.45) is -1.73. The van der Waals surface area contributed by atoms with Crippen LogP contribution < -0.4 is 0 Å². The number of rotatable bonds is 1. The SMILES string of the molecule is OC[C@H]1O[C@@]2(CC=CO2)[C@H](O)[C@@H](O)[C@H]1O. The van der Waals surface area contributed by atoms with E-state index in [4.69, 9.17) is 14.6 Å². The van der Waals surface area contributed by atoms with Gasteiger partial charge in [-0.15, -0.1) is 0 Å². The third-order valence-electron chi connectivity index (χ3n) is 2.80. The molecule has 0 aromatic carbocycles. The van der Waals surface area contributed by atoms with Crippen LogP contribution in [0.5, 0.6) is 0 Å². The second-order valence-corrected chi connectivity index (χ2v) is 3.77. The Labute approximate surface area is 86.4 Å². The number of hydrogen-bond donors (Lipinski definition) is 4. The fourth-order valence-electron chi connectivity index (χ4n) is 1.90. The van der Waals surface area contributed by atoms with Crippen LogP contribution in [0, 0.1) is 0 Å². The molecule has 15 heavy (non-hydrogen) atoms. The molecule has 6 heteroatoms. The van der Waals surface area contributed by atoms with Crippen LogP contribution in [0.25, 0.3) is 0 Å². The first-order chi connectivity index (χ1) is 7.10. The highest BCUT2D eigenvalue weighted by Crippen LogP contribution is 2.37. The first-order valence-electron chi connectivity index (χ1n) is 4.76. The van der Waals surface area contributed by atoms with Gasteiger partial charge < -0.3 is 29.9 Å². The van der Waals surface area contributed by atoms with Crippen LogP contribution in [0.1, 0.15) is 6.42 Å². The molecule has 0 aromatic rings. The van der Waals surface area contributed by atoms with E-state index in [9.17, 15) is 15.3 Å². The van der Waals surface area contributed by atoms with E-state index in [0.717, 1.165) is 0 Å². The van der Waals surface area contributed by atoms with Crippen molar-refractivity contribution in [3.8, 4) is 0 Å². The molecule has 0 aromatic heterocycles. The van der Waals surface area contributed by atoms with Gasteiger partial charge in [0, 0.05) is 6.42 Å². The lowest BCUT2D eigenvalue weighted by Crippen LogP contribution is -2.64. The molecule has 2 aliphatic rings. The Morgan fingerprint density at radius 1 is 1.27 bits per heavy atom. The summed E-state index contributed by atoms with van der Waals surface area (Å²) in [6, 6.07) is 0. The molecular formula is C9H14O6. The highest BCUT2D eigenvalue weighted by Gasteiger charge is 2.55. The minimum absolute atomic E-state index is 0.272. The average Bonchev–Trinajstić information content (AvgIpc) is 2.70. The Kier molecular flexibility index (Phi) is 2.70. The van der Waals surface area contributed by atoms with E-state index in [1.807, 2.05) is 0 Å². The van der Waals surface area contributed by atoms with Gasteiger partial charge in [0.1, 0.15) is 24.4 Å². The molecule has 0 amide bonds. The summed E-state index contributed by atoms with van der Waals surface area (Å²) in [6.45, 7) is -0.448. The molecule has 0 aliphatic carbocycles. The van der Waals surface area contributed by atoms with E-state index in [0.29, 0.717) is 0 Å². The minimum Gasteiger partial charge on any atom is -0.467 e. The zero-order chi connectivity index (χ0) is 11.1.